The highest BCUT2D eigenvalue weighted by Crippen LogP contribution is 2.39. The molecule has 5 nitrogen and oxygen atoms in total. The molecule has 28 heavy (non-hydrogen) atoms. The zero-order chi connectivity index (χ0) is 20.3. The van der Waals surface area contributed by atoms with Crippen LogP contribution >= 0.6 is 23.8 Å². The normalized spacial score (nSPS) is 15.8. The lowest BCUT2D eigenvalue weighted by molar-refractivity contribution is -0.0116. The first-order chi connectivity index (χ1) is 13.4. The highest BCUT2D eigenvalue weighted by Gasteiger charge is 2.35. The Labute approximate surface area is 175 Å². The van der Waals surface area contributed by atoms with Gasteiger partial charge in [0.15, 0.2) is 11.5 Å². The van der Waals surface area contributed by atoms with Crippen molar-refractivity contribution in [2.75, 3.05) is 34.4 Å². The van der Waals surface area contributed by atoms with Gasteiger partial charge in [0.25, 0.3) is 0 Å². The first-order valence-corrected chi connectivity index (χ1v) is 9.78. The first kappa shape index (κ1) is 20.7. The van der Waals surface area contributed by atoms with Crippen LogP contribution < -0.4 is 14.2 Å². The summed E-state index contributed by atoms with van der Waals surface area (Å²) in [6, 6.07) is 11.1. The first-order valence-electron chi connectivity index (χ1n) is 8.99. The van der Waals surface area contributed by atoms with Crippen LogP contribution in [-0.4, -0.2) is 49.4 Å². The van der Waals surface area contributed by atoms with Gasteiger partial charge in [-0.2, -0.15) is 0 Å². The summed E-state index contributed by atoms with van der Waals surface area (Å²) < 4.78 is 16.2. The molecule has 3 rings (SSSR count). The number of halogens is 1. The topological polar surface area (TPSA) is 51.2 Å². The largest absolute Gasteiger partial charge is 0.493 e. The van der Waals surface area contributed by atoms with Crippen molar-refractivity contribution in [1.29, 1.82) is 0 Å². The zero-order valence-corrected chi connectivity index (χ0v) is 17.8. The van der Waals surface area contributed by atoms with E-state index >= 15 is 0 Å². The summed E-state index contributed by atoms with van der Waals surface area (Å²) in [5.41, 5.74) is 0.836. The molecule has 0 saturated carbocycles. The van der Waals surface area contributed by atoms with E-state index < -0.39 is 5.60 Å². The zero-order valence-electron chi connectivity index (χ0n) is 16.2. The number of benzene rings is 2. The standard InChI is InChI=1S/C21H24ClNO4S/c1-25-17-12-14(13-18(26-2)19(17)27-3)20(28)23-10-8-21(24,9-11-23)15-4-6-16(22)7-5-15/h4-7,12-13,24H,8-11H2,1-3H3. The molecule has 0 spiro atoms. The predicted molar refractivity (Wildman–Crippen MR) is 114 cm³/mol. The molecule has 1 saturated heterocycles. The number of hydrogen-bond acceptors (Lipinski definition) is 5. The van der Waals surface area contributed by atoms with Crippen molar-refractivity contribution in [2.24, 2.45) is 0 Å². The van der Waals surface area contributed by atoms with E-state index in [1.54, 1.807) is 21.3 Å². The maximum absolute atomic E-state index is 11.1. The molecule has 1 aliphatic heterocycles. The fourth-order valence-corrected chi connectivity index (χ4v) is 3.94. The number of thiocarbonyl (C=S) groups is 1. The smallest absolute Gasteiger partial charge is 0.203 e. The molecule has 0 aromatic heterocycles. The third-order valence-electron chi connectivity index (χ3n) is 5.17. The predicted octanol–water partition coefficient (Wildman–Crippen LogP) is 4.02. The van der Waals surface area contributed by atoms with Gasteiger partial charge < -0.3 is 24.2 Å². The van der Waals surface area contributed by atoms with Crippen molar-refractivity contribution in [3.8, 4) is 17.2 Å². The maximum Gasteiger partial charge on any atom is 0.203 e. The second-order valence-corrected chi connectivity index (χ2v) is 7.57. The van der Waals surface area contributed by atoms with Crippen molar-refractivity contribution in [3.05, 3.63) is 52.5 Å². The summed E-state index contributed by atoms with van der Waals surface area (Å²) in [5.74, 6) is 1.66. The number of aliphatic hydroxyl groups is 1. The van der Waals surface area contributed by atoms with Gasteiger partial charge in [-0.05, 0) is 42.7 Å². The van der Waals surface area contributed by atoms with Crippen molar-refractivity contribution < 1.29 is 19.3 Å². The Hall–Kier alpha value is -2.02. The van der Waals surface area contributed by atoms with Gasteiger partial charge in [-0.25, -0.2) is 0 Å². The average molecular weight is 422 g/mol. The summed E-state index contributed by atoms with van der Waals surface area (Å²) in [7, 11) is 4.73. The van der Waals surface area contributed by atoms with Crippen molar-refractivity contribution in [1.82, 2.24) is 4.90 Å². The number of methoxy groups -OCH3 is 3. The molecule has 0 aliphatic carbocycles. The summed E-state index contributed by atoms with van der Waals surface area (Å²) in [5, 5.41) is 11.7. The highest BCUT2D eigenvalue weighted by atomic mass is 35.5. The minimum Gasteiger partial charge on any atom is -0.493 e. The van der Waals surface area contributed by atoms with Crippen molar-refractivity contribution in [3.63, 3.8) is 0 Å². The fourth-order valence-electron chi connectivity index (χ4n) is 3.52. The third kappa shape index (κ3) is 4.04. The molecule has 2 aromatic carbocycles. The molecule has 1 fully saturated rings. The lowest BCUT2D eigenvalue weighted by Crippen LogP contribution is -2.44. The van der Waals surface area contributed by atoms with Gasteiger partial charge in [-0.15, -0.1) is 0 Å². The second kappa shape index (κ2) is 8.55. The Morgan fingerprint density at radius 2 is 1.54 bits per heavy atom. The third-order valence-corrected chi connectivity index (χ3v) is 5.92. The Balaban J connectivity index is 1.77. The molecule has 0 atom stereocenters. The molecule has 150 valence electrons. The molecule has 0 radical (unpaired) electrons. The van der Waals surface area contributed by atoms with Crippen LogP contribution in [0.1, 0.15) is 24.0 Å². The van der Waals surface area contributed by atoms with Crippen molar-refractivity contribution in [2.45, 2.75) is 18.4 Å². The number of hydrogen-bond donors (Lipinski definition) is 1. The van der Waals surface area contributed by atoms with Gasteiger partial charge in [0.2, 0.25) is 5.75 Å². The maximum atomic E-state index is 11.1. The number of ether oxygens (including phenoxy) is 3. The average Bonchev–Trinajstić information content (AvgIpc) is 2.73. The Morgan fingerprint density at radius 1 is 1.00 bits per heavy atom. The Bertz CT molecular complexity index is 823. The van der Waals surface area contributed by atoms with Gasteiger partial charge in [0, 0.05) is 23.7 Å². The van der Waals surface area contributed by atoms with Crippen LogP contribution in [0.2, 0.25) is 5.02 Å². The summed E-state index contributed by atoms with van der Waals surface area (Å²) in [4.78, 5) is 2.79. The number of likely N-dealkylation sites (tertiary alicyclic amines) is 1. The molecular formula is C21H24ClNO4S. The van der Waals surface area contributed by atoms with E-state index in [9.17, 15) is 5.11 Å². The van der Waals surface area contributed by atoms with Crippen LogP contribution in [0.25, 0.3) is 0 Å². The van der Waals surface area contributed by atoms with Crippen LogP contribution in [0.3, 0.4) is 0 Å². The molecular weight excluding hydrogens is 398 g/mol. The second-order valence-electron chi connectivity index (χ2n) is 6.74. The molecule has 1 aliphatic rings. The van der Waals surface area contributed by atoms with E-state index in [4.69, 9.17) is 38.0 Å². The summed E-state index contributed by atoms with van der Waals surface area (Å²) in [6.45, 7) is 1.29. The molecule has 0 unspecified atom stereocenters. The highest BCUT2D eigenvalue weighted by molar-refractivity contribution is 7.80. The minimum atomic E-state index is -0.869. The van der Waals surface area contributed by atoms with Crippen LogP contribution in [0, 0.1) is 0 Å². The van der Waals surface area contributed by atoms with E-state index in [-0.39, 0.29) is 0 Å². The number of nitrogens with zero attached hydrogens (tertiary/aromatic N) is 1. The van der Waals surface area contributed by atoms with Crippen molar-refractivity contribution >= 4 is 28.8 Å². The van der Waals surface area contributed by atoms with E-state index in [0.717, 1.165) is 11.1 Å². The van der Waals surface area contributed by atoms with Crippen LogP contribution in [0.4, 0.5) is 0 Å². The van der Waals surface area contributed by atoms with Gasteiger partial charge in [-0.3, -0.25) is 0 Å². The molecule has 0 amide bonds. The van der Waals surface area contributed by atoms with E-state index in [2.05, 4.69) is 4.90 Å². The van der Waals surface area contributed by atoms with E-state index in [1.165, 1.54) is 0 Å². The van der Waals surface area contributed by atoms with Gasteiger partial charge in [0.05, 0.1) is 26.9 Å². The number of piperidine rings is 1. The SMILES string of the molecule is COc1cc(C(=S)N2CCC(O)(c3ccc(Cl)cc3)CC2)cc(OC)c1OC. The molecule has 1 heterocycles. The van der Waals surface area contributed by atoms with Crippen LogP contribution in [0.15, 0.2) is 36.4 Å². The van der Waals surface area contributed by atoms with Crippen LogP contribution in [-0.2, 0) is 5.60 Å². The molecule has 2 aromatic rings. The number of rotatable bonds is 5. The quantitative estimate of drug-likeness (QED) is 0.736. The van der Waals surface area contributed by atoms with E-state index in [0.29, 0.717) is 53.2 Å². The van der Waals surface area contributed by atoms with Gasteiger partial charge in [-0.1, -0.05) is 36.0 Å². The van der Waals surface area contributed by atoms with E-state index in [1.807, 2.05) is 36.4 Å². The molecule has 1 N–H and O–H groups in total. The van der Waals surface area contributed by atoms with Gasteiger partial charge >= 0.3 is 0 Å². The molecule has 7 heteroatoms. The Kier molecular flexibility index (Phi) is 6.33. The van der Waals surface area contributed by atoms with Gasteiger partial charge in [0.1, 0.15) is 4.99 Å². The summed E-state index contributed by atoms with van der Waals surface area (Å²) >= 11 is 11.7. The Morgan fingerprint density at radius 3 is 2.00 bits per heavy atom. The summed E-state index contributed by atoms with van der Waals surface area (Å²) in [6.07, 6.45) is 1.17. The molecule has 0 bridgehead atoms. The minimum absolute atomic E-state index is 0.535. The lowest BCUT2D eigenvalue weighted by Gasteiger charge is -2.39. The monoisotopic (exact) mass is 421 g/mol. The fraction of sp³-hybridized carbons (Fsp3) is 0.381. The lowest BCUT2D eigenvalue weighted by atomic mass is 9.84. The van der Waals surface area contributed by atoms with Crippen LogP contribution in [0.5, 0.6) is 17.2 Å².